The highest BCUT2D eigenvalue weighted by Gasteiger charge is 2.45. The summed E-state index contributed by atoms with van der Waals surface area (Å²) in [6.45, 7) is 2.16. The zero-order chi connectivity index (χ0) is 28.2. The fraction of sp³-hybridized carbons (Fsp3) is 0.286. The minimum absolute atomic E-state index is 0.000556. The molecule has 1 amide bonds. The van der Waals surface area contributed by atoms with Crippen molar-refractivity contribution in [3.8, 4) is 22.9 Å². The number of hydrogen-bond acceptors (Lipinski definition) is 7. The number of nitrogens with zero attached hydrogens (tertiary/aromatic N) is 2. The van der Waals surface area contributed by atoms with Gasteiger partial charge in [-0.1, -0.05) is 30.3 Å². The minimum atomic E-state index is -4.74. The first-order chi connectivity index (χ1) is 18.6. The Morgan fingerprint density at radius 1 is 1.13 bits per heavy atom. The van der Waals surface area contributed by atoms with Gasteiger partial charge in [0.25, 0.3) is 5.91 Å². The molecule has 1 aliphatic rings. The molecule has 1 saturated heterocycles. The number of carbonyl (C=O) groups excluding carboxylic acids is 2. The Balaban J connectivity index is 1.85. The molecule has 0 saturated carbocycles. The van der Waals surface area contributed by atoms with Crippen molar-refractivity contribution in [1.82, 2.24) is 4.98 Å². The lowest BCUT2D eigenvalue weighted by Crippen LogP contribution is -2.50. The summed E-state index contributed by atoms with van der Waals surface area (Å²) in [5.41, 5.74) is -1.24. The highest BCUT2D eigenvalue weighted by molar-refractivity contribution is 6.05. The molecule has 1 N–H and O–H groups in total. The molecule has 11 heteroatoms. The van der Waals surface area contributed by atoms with E-state index in [4.69, 9.17) is 14.2 Å². The van der Waals surface area contributed by atoms with Gasteiger partial charge in [0.1, 0.15) is 23.1 Å². The van der Waals surface area contributed by atoms with Crippen LogP contribution in [0.15, 0.2) is 54.7 Å². The number of pyridine rings is 1. The first-order valence-electron chi connectivity index (χ1n) is 11.9. The van der Waals surface area contributed by atoms with Crippen molar-refractivity contribution in [3.63, 3.8) is 0 Å². The van der Waals surface area contributed by atoms with Gasteiger partial charge >= 0.3 is 12.1 Å². The highest BCUT2D eigenvalue weighted by atomic mass is 19.4. The summed E-state index contributed by atoms with van der Waals surface area (Å²) in [4.78, 5) is 29.2. The number of nitrogens with one attached hydrogen (secondary N) is 1. The molecule has 0 spiro atoms. The maximum atomic E-state index is 13.2. The molecule has 1 fully saturated rings. The zero-order valence-electron chi connectivity index (χ0n) is 21.1. The van der Waals surface area contributed by atoms with Gasteiger partial charge in [0.2, 0.25) is 5.60 Å². The van der Waals surface area contributed by atoms with Crippen LogP contribution in [0.25, 0.3) is 11.1 Å². The molecule has 8 nitrogen and oxygen atoms in total. The number of aromatic nitrogens is 1. The van der Waals surface area contributed by atoms with Gasteiger partial charge in [-0.15, -0.1) is 0 Å². The van der Waals surface area contributed by atoms with Crippen LogP contribution in [0.1, 0.15) is 40.0 Å². The van der Waals surface area contributed by atoms with Crippen LogP contribution in [0.5, 0.6) is 5.75 Å². The third kappa shape index (κ3) is 5.71. The Kier molecular flexibility index (Phi) is 7.88. The lowest BCUT2D eigenvalue weighted by molar-refractivity contribution is -0.167. The Hall–Kier alpha value is -4.43. The molecular formula is C28H24F3N3O5. The van der Waals surface area contributed by atoms with E-state index in [0.717, 1.165) is 17.8 Å². The van der Waals surface area contributed by atoms with E-state index in [1.807, 2.05) is 24.3 Å². The number of benzene rings is 2. The Bertz CT molecular complexity index is 1430. The van der Waals surface area contributed by atoms with Gasteiger partial charge in [0.05, 0.1) is 26.0 Å². The van der Waals surface area contributed by atoms with E-state index in [1.54, 1.807) is 25.1 Å². The van der Waals surface area contributed by atoms with Gasteiger partial charge in [-0.25, -0.2) is 4.79 Å². The molecule has 39 heavy (non-hydrogen) atoms. The maximum absolute atomic E-state index is 13.2. The van der Waals surface area contributed by atoms with Crippen LogP contribution in [0.2, 0.25) is 0 Å². The second-order valence-corrected chi connectivity index (χ2v) is 8.86. The monoisotopic (exact) mass is 539 g/mol. The first kappa shape index (κ1) is 27.6. The van der Waals surface area contributed by atoms with Crippen LogP contribution in [-0.2, 0) is 20.4 Å². The fourth-order valence-electron chi connectivity index (χ4n) is 4.36. The van der Waals surface area contributed by atoms with E-state index in [1.165, 1.54) is 7.11 Å². The molecule has 0 radical (unpaired) electrons. The summed E-state index contributed by atoms with van der Waals surface area (Å²) in [5.74, 6) is -1.48. The molecule has 1 aromatic heterocycles. The minimum Gasteiger partial charge on any atom is -0.474 e. The zero-order valence-corrected chi connectivity index (χ0v) is 21.1. The number of methoxy groups -OCH3 is 1. The Morgan fingerprint density at radius 3 is 2.44 bits per heavy atom. The van der Waals surface area contributed by atoms with Crippen LogP contribution in [-0.4, -0.2) is 42.8 Å². The fourth-order valence-corrected chi connectivity index (χ4v) is 4.36. The maximum Gasteiger partial charge on any atom is 0.433 e. The van der Waals surface area contributed by atoms with Crippen molar-refractivity contribution in [2.75, 3.05) is 25.6 Å². The number of anilines is 1. The molecule has 2 heterocycles. The van der Waals surface area contributed by atoms with Crippen LogP contribution < -0.4 is 10.1 Å². The molecule has 0 bridgehead atoms. The standard InChI is InChI=1S/C28H24F3N3O5/c1-17-20(18-6-4-3-5-7-18)15-22(34-25(35)19-8-11-33-23(14-19)28(29,30)31)21(16-32)24(17)39-27(26(36)37-2)9-12-38-13-10-27/h3-8,11,14-15H,9-10,12-13H2,1-2H3,(H,34,35). The molecule has 0 unspecified atom stereocenters. The van der Waals surface area contributed by atoms with E-state index in [2.05, 4.69) is 10.3 Å². The predicted octanol–water partition coefficient (Wildman–Crippen LogP) is 5.30. The lowest BCUT2D eigenvalue weighted by atomic mass is 9.92. The summed E-state index contributed by atoms with van der Waals surface area (Å²) in [6.07, 6.45) is -3.53. The molecular weight excluding hydrogens is 515 g/mol. The molecule has 3 aromatic rings. The number of esters is 1. The van der Waals surface area contributed by atoms with Gasteiger partial charge in [0, 0.05) is 30.2 Å². The SMILES string of the molecule is COC(=O)C1(Oc2c(C)c(-c3ccccc3)cc(NC(=O)c3ccnc(C(F)(F)F)c3)c2C#N)CCOCC1. The van der Waals surface area contributed by atoms with Crippen molar-refractivity contribution in [2.45, 2.75) is 31.5 Å². The number of hydrogen-bond donors (Lipinski definition) is 1. The van der Waals surface area contributed by atoms with Crippen LogP contribution in [0.3, 0.4) is 0 Å². The number of nitriles is 1. The van der Waals surface area contributed by atoms with E-state index < -0.39 is 29.3 Å². The van der Waals surface area contributed by atoms with Crippen molar-refractivity contribution >= 4 is 17.6 Å². The van der Waals surface area contributed by atoms with Gasteiger partial charge < -0.3 is 19.5 Å². The number of amides is 1. The van der Waals surface area contributed by atoms with E-state index in [-0.39, 0.29) is 48.6 Å². The molecule has 1 aliphatic heterocycles. The van der Waals surface area contributed by atoms with Gasteiger partial charge in [0.15, 0.2) is 0 Å². The van der Waals surface area contributed by atoms with Gasteiger partial charge in [-0.3, -0.25) is 9.78 Å². The normalized spacial score (nSPS) is 14.7. The topological polar surface area (TPSA) is 111 Å². The smallest absolute Gasteiger partial charge is 0.433 e. The number of halogens is 3. The van der Waals surface area contributed by atoms with Crippen molar-refractivity contribution in [1.29, 1.82) is 5.26 Å². The summed E-state index contributed by atoms with van der Waals surface area (Å²) in [5, 5.41) is 12.7. The van der Waals surface area contributed by atoms with Crippen LogP contribution in [0.4, 0.5) is 18.9 Å². The molecule has 0 aliphatic carbocycles. The van der Waals surface area contributed by atoms with Crippen LogP contribution >= 0.6 is 0 Å². The van der Waals surface area contributed by atoms with Crippen molar-refractivity contribution < 1.29 is 37.0 Å². The summed E-state index contributed by atoms with van der Waals surface area (Å²) in [7, 11) is 1.23. The number of rotatable bonds is 6. The predicted molar refractivity (Wildman–Crippen MR) is 134 cm³/mol. The molecule has 2 aromatic carbocycles. The quantitative estimate of drug-likeness (QED) is 0.423. The van der Waals surface area contributed by atoms with Gasteiger partial charge in [-0.05, 0) is 36.2 Å². The van der Waals surface area contributed by atoms with Gasteiger partial charge in [-0.2, -0.15) is 18.4 Å². The summed E-state index contributed by atoms with van der Waals surface area (Å²) in [6, 6.07) is 14.4. The second kappa shape index (κ2) is 11.1. The number of carbonyl (C=O) groups is 2. The second-order valence-electron chi connectivity index (χ2n) is 8.86. The third-order valence-corrected chi connectivity index (χ3v) is 6.44. The molecule has 0 atom stereocenters. The average molecular weight is 540 g/mol. The Morgan fingerprint density at radius 2 is 1.82 bits per heavy atom. The molecule has 4 rings (SSSR count). The van der Waals surface area contributed by atoms with E-state index in [0.29, 0.717) is 17.2 Å². The number of ether oxygens (including phenoxy) is 3. The Labute approximate surface area is 222 Å². The average Bonchev–Trinajstić information content (AvgIpc) is 2.94. The lowest BCUT2D eigenvalue weighted by Gasteiger charge is -2.36. The molecule has 202 valence electrons. The third-order valence-electron chi connectivity index (χ3n) is 6.44. The largest absolute Gasteiger partial charge is 0.474 e. The highest BCUT2D eigenvalue weighted by Crippen LogP contribution is 2.41. The van der Waals surface area contributed by atoms with Crippen molar-refractivity contribution in [2.24, 2.45) is 0 Å². The first-order valence-corrected chi connectivity index (χ1v) is 11.9. The van der Waals surface area contributed by atoms with E-state index in [9.17, 15) is 28.0 Å². The van der Waals surface area contributed by atoms with Crippen LogP contribution in [0, 0.1) is 18.3 Å². The van der Waals surface area contributed by atoms with Crippen molar-refractivity contribution in [3.05, 3.63) is 77.1 Å². The summed E-state index contributed by atoms with van der Waals surface area (Å²) < 4.78 is 56.2. The van der Waals surface area contributed by atoms with E-state index >= 15 is 0 Å². The summed E-state index contributed by atoms with van der Waals surface area (Å²) >= 11 is 0. The number of alkyl halides is 3.